The predicted octanol–water partition coefficient (Wildman–Crippen LogP) is 4.24. The van der Waals surface area contributed by atoms with Crippen molar-refractivity contribution < 1.29 is 9.18 Å². The molecule has 2 aromatic heterocycles. The first-order valence-corrected chi connectivity index (χ1v) is 7.65. The Morgan fingerprint density at radius 1 is 1.32 bits per heavy atom. The van der Waals surface area contributed by atoms with Crippen molar-refractivity contribution in [2.24, 2.45) is 0 Å². The van der Waals surface area contributed by atoms with Gasteiger partial charge in [-0.15, -0.1) is 12.6 Å². The molecule has 6 heteroatoms. The molecule has 0 atom stereocenters. The summed E-state index contributed by atoms with van der Waals surface area (Å²) < 4.78 is 15.4. The van der Waals surface area contributed by atoms with Gasteiger partial charge in [0.25, 0.3) is 5.91 Å². The number of anilines is 1. The van der Waals surface area contributed by atoms with Crippen LogP contribution in [-0.4, -0.2) is 22.3 Å². The lowest BCUT2D eigenvalue weighted by atomic mass is 10.3. The van der Waals surface area contributed by atoms with Crippen molar-refractivity contribution in [3.05, 3.63) is 41.5 Å². The first-order valence-electron chi connectivity index (χ1n) is 7.21. The third-order valence-corrected chi connectivity index (χ3v) is 2.74. The fourth-order valence-electron chi connectivity index (χ4n) is 1.66. The first-order chi connectivity index (χ1) is 10.4. The summed E-state index contributed by atoms with van der Waals surface area (Å²) in [4.78, 5) is 17.1. The summed E-state index contributed by atoms with van der Waals surface area (Å²) in [6.45, 7) is 13.2. The molecular formula is C16H24FN3OS. The smallest absolute Gasteiger partial charge is 0.263 e. The standard InChI is InChI=1S/C12H12FN3OS.2C2H6/c1-7-5-16-6-9(4-10(13)11(16)14-7)15(3)12(17)8(2)18;2*1-2/h4-6,18H,2H2,1,3H3;2*1-2H3. The SMILES string of the molecule is C=C(S)C(=O)N(C)c1cc(F)c2nc(C)cn2c1.CC.CC. The molecule has 0 aliphatic rings. The molecule has 122 valence electrons. The number of rotatable bonds is 2. The number of thiol groups is 1. The van der Waals surface area contributed by atoms with E-state index in [0.717, 1.165) is 0 Å². The summed E-state index contributed by atoms with van der Waals surface area (Å²) in [6, 6.07) is 1.26. The van der Waals surface area contributed by atoms with Gasteiger partial charge >= 0.3 is 0 Å². The molecule has 0 aliphatic carbocycles. The number of halogens is 1. The van der Waals surface area contributed by atoms with E-state index in [1.165, 1.54) is 18.0 Å². The van der Waals surface area contributed by atoms with Crippen LogP contribution in [0.4, 0.5) is 10.1 Å². The molecule has 2 heterocycles. The van der Waals surface area contributed by atoms with Gasteiger partial charge in [0.05, 0.1) is 16.3 Å². The minimum absolute atomic E-state index is 0.0971. The monoisotopic (exact) mass is 325 g/mol. The highest BCUT2D eigenvalue weighted by molar-refractivity contribution is 7.85. The quantitative estimate of drug-likeness (QED) is 0.662. The molecular weight excluding hydrogens is 301 g/mol. The zero-order chi connectivity index (χ0) is 17.4. The zero-order valence-corrected chi connectivity index (χ0v) is 14.9. The topological polar surface area (TPSA) is 37.6 Å². The van der Waals surface area contributed by atoms with E-state index in [4.69, 9.17) is 0 Å². The molecule has 22 heavy (non-hydrogen) atoms. The van der Waals surface area contributed by atoms with Crippen molar-refractivity contribution in [3.8, 4) is 0 Å². The molecule has 1 amide bonds. The number of nitrogens with zero attached hydrogens (tertiary/aromatic N) is 3. The van der Waals surface area contributed by atoms with Crippen LogP contribution in [0.15, 0.2) is 29.9 Å². The summed E-state index contributed by atoms with van der Waals surface area (Å²) in [5, 5.41) is 0. The van der Waals surface area contributed by atoms with Gasteiger partial charge in [-0.2, -0.15) is 0 Å². The van der Waals surface area contributed by atoms with Crippen LogP contribution in [0.1, 0.15) is 33.4 Å². The maximum absolute atomic E-state index is 13.8. The Bertz CT molecular complexity index is 652. The second kappa shape index (κ2) is 9.25. The molecule has 0 unspecified atom stereocenters. The summed E-state index contributed by atoms with van der Waals surface area (Å²) >= 11 is 3.89. The van der Waals surface area contributed by atoms with Crippen LogP contribution in [0.5, 0.6) is 0 Å². The molecule has 0 aromatic carbocycles. The summed E-state index contributed by atoms with van der Waals surface area (Å²) in [5.41, 5.74) is 1.36. The van der Waals surface area contributed by atoms with E-state index < -0.39 is 5.82 Å². The van der Waals surface area contributed by atoms with Gasteiger partial charge < -0.3 is 9.30 Å². The van der Waals surface area contributed by atoms with Crippen LogP contribution in [0.2, 0.25) is 0 Å². The van der Waals surface area contributed by atoms with Crippen LogP contribution in [0, 0.1) is 12.7 Å². The van der Waals surface area contributed by atoms with Gasteiger partial charge in [-0.3, -0.25) is 4.79 Å². The molecule has 0 fully saturated rings. The molecule has 2 rings (SSSR count). The third kappa shape index (κ3) is 4.59. The Morgan fingerprint density at radius 2 is 1.86 bits per heavy atom. The number of likely N-dealkylation sites (N-methyl/N-ethyl adjacent to an activating group) is 1. The van der Waals surface area contributed by atoms with Crippen molar-refractivity contribution in [2.75, 3.05) is 11.9 Å². The van der Waals surface area contributed by atoms with E-state index in [1.54, 1.807) is 23.7 Å². The van der Waals surface area contributed by atoms with Gasteiger partial charge in [0.15, 0.2) is 11.5 Å². The van der Waals surface area contributed by atoms with Crippen LogP contribution in [-0.2, 0) is 4.79 Å². The van der Waals surface area contributed by atoms with Gasteiger partial charge in [-0.05, 0) is 6.92 Å². The maximum Gasteiger partial charge on any atom is 0.263 e. The number of aromatic nitrogens is 2. The number of imidazole rings is 1. The lowest BCUT2D eigenvalue weighted by Crippen LogP contribution is -2.26. The lowest BCUT2D eigenvalue weighted by Gasteiger charge is -2.17. The van der Waals surface area contributed by atoms with Gasteiger partial charge in [0.2, 0.25) is 0 Å². The Kier molecular flexibility index (Phi) is 8.48. The number of aryl methyl sites for hydroxylation is 1. The van der Waals surface area contributed by atoms with Crippen molar-refractivity contribution in [2.45, 2.75) is 34.6 Å². The normalized spacial score (nSPS) is 9.27. The van der Waals surface area contributed by atoms with E-state index in [2.05, 4.69) is 24.2 Å². The minimum Gasteiger partial charge on any atom is -0.309 e. The Hall–Kier alpha value is -1.82. The maximum atomic E-state index is 13.8. The molecule has 2 aromatic rings. The Labute approximate surface area is 137 Å². The Morgan fingerprint density at radius 3 is 2.36 bits per heavy atom. The van der Waals surface area contributed by atoms with Crippen LogP contribution in [0.25, 0.3) is 5.65 Å². The number of hydrogen-bond donors (Lipinski definition) is 1. The van der Waals surface area contributed by atoms with Gasteiger partial charge in [-0.1, -0.05) is 34.3 Å². The highest BCUT2D eigenvalue weighted by Gasteiger charge is 2.15. The largest absolute Gasteiger partial charge is 0.309 e. The van der Waals surface area contributed by atoms with Crippen LogP contribution in [0.3, 0.4) is 0 Å². The molecule has 0 saturated carbocycles. The molecule has 0 radical (unpaired) electrons. The van der Waals surface area contributed by atoms with Gasteiger partial charge in [0, 0.05) is 25.5 Å². The average molecular weight is 325 g/mol. The van der Waals surface area contributed by atoms with Gasteiger partial charge in [-0.25, -0.2) is 9.37 Å². The van der Waals surface area contributed by atoms with Gasteiger partial charge in [0.1, 0.15) is 0 Å². The van der Waals surface area contributed by atoms with Crippen molar-refractivity contribution in [1.82, 2.24) is 9.38 Å². The van der Waals surface area contributed by atoms with E-state index in [1.807, 2.05) is 27.7 Å². The molecule has 0 spiro atoms. The molecule has 0 saturated heterocycles. The summed E-state index contributed by atoms with van der Waals surface area (Å²) in [6.07, 6.45) is 3.32. The zero-order valence-electron chi connectivity index (χ0n) is 14.0. The lowest BCUT2D eigenvalue weighted by molar-refractivity contribution is -0.114. The fraction of sp³-hybridized carbons (Fsp3) is 0.375. The number of carbonyl (C=O) groups excluding carboxylic acids is 1. The van der Waals surface area contributed by atoms with E-state index in [9.17, 15) is 9.18 Å². The van der Waals surface area contributed by atoms with E-state index in [0.29, 0.717) is 11.4 Å². The Balaban J connectivity index is 0.00000102. The molecule has 4 nitrogen and oxygen atoms in total. The second-order valence-corrected chi connectivity index (χ2v) is 4.51. The number of carbonyl (C=O) groups is 1. The average Bonchev–Trinajstić information content (AvgIpc) is 2.90. The second-order valence-electron chi connectivity index (χ2n) is 3.97. The van der Waals surface area contributed by atoms with E-state index >= 15 is 0 Å². The number of hydrogen-bond acceptors (Lipinski definition) is 3. The number of amides is 1. The predicted molar refractivity (Wildman–Crippen MR) is 94.1 cm³/mol. The minimum atomic E-state index is -0.481. The van der Waals surface area contributed by atoms with Crippen LogP contribution >= 0.6 is 12.6 Å². The molecule has 0 bridgehead atoms. The first kappa shape index (κ1) is 20.2. The fourth-order valence-corrected chi connectivity index (χ4v) is 1.81. The third-order valence-electron chi connectivity index (χ3n) is 2.55. The molecule has 0 N–H and O–H groups in total. The molecule has 0 aliphatic heterocycles. The number of pyridine rings is 1. The van der Waals surface area contributed by atoms with Crippen molar-refractivity contribution in [3.63, 3.8) is 0 Å². The number of fused-ring (bicyclic) bond motifs is 1. The van der Waals surface area contributed by atoms with Crippen molar-refractivity contribution >= 4 is 29.9 Å². The summed E-state index contributed by atoms with van der Waals surface area (Å²) in [5.74, 6) is -0.862. The highest BCUT2D eigenvalue weighted by atomic mass is 32.1. The summed E-state index contributed by atoms with van der Waals surface area (Å²) in [7, 11) is 1.54. The van der Waals surface area contributed by atoms with E-state index in [-0.39, 0.29) is 16.5 Å². The van der Waals surface area contributed by atoms with Crippen LogP contribution < -0.4 is 4.90 Å². The highest BCUT2D eigenvalue weighted by Crippen LogP contribution is 2.20. The van der Waals surface area contributed by atoms with Crippen molar-refractivity contribution in [1.29, 1.82) is 0 Å².